The first-order valence-electron chi connectivity index (χ1n) is 7.86. The normalized spacial score (nSPS) is 19.3. The number of nitrogens with one attached hydrogen (secondary N) is 1. The SMILES string of the molecule is Cc1ccc(C)c(-c2csc(NC(=O)C[C@@H]3CCS(=O)(=O)C3)n2)c1. The van der Waals surface area contributed by atoms with Crippen LogP contribution in [0.15, 0.2) is 23.6 Å². The van der Waals surface area contributed by atoms with Gasteiger partial charge in [-0.3, -0.25) is 4.79 Å². The summed E-state index contributed by atoms with van der Waals surface area (Å²) in [6.45, 7) is 4.07. The Hall–Kier alpha value is -1.73. The topological polar surface area (TPSA) is 76.1 Å². The molecule has 1 aromatic carbocycles. The van der Waals surface area contributed by atoms with E-state index >= 15 is 0 Å². The molecule has 3 rings (SSSR count). The van der Waals surface area contributed by atoms with E-state index in [1.807, 2.05) is 19.2 Å². The second kappa shape index (κ2) is 6.64. The Labute approximate surface area is 146 Å². The highest BCUT2D eigenvalue weighted by Gasteiger charge is 2.29. The molecule has 5 nitrogen and oxygen atoms in total. The molecule has 0 bridgehead atoms. The van der Waals surface area contributed by atoms with Crippen LogP contribution in [0.5, 0.6) is 0 Å². The monoisotopic (exact) mass is 364 g/mol. The smallest absolute Gasteiger partial charge is 0.226 e. The van der Waals surface area contributed by atoms with Crippen LogP contribution in [0.2, 0.25) is 0 Å². The first-order chi connectivity index (χ1) is 11.3. The van der Waals surface area contributed by atoms with Crippen LogP contribution in [0.1, 0.15) is 24.0 Å². The van der Waals surface area contributed by atoms with Gasteiger partial charge in [-0.25, -0.2) is 13.4 Å². The number of nitrogens with zero attached hydrogens (tertiary/aromatic N) is 1. The first kappa shape index (κ1) is 17.1. The van der Waals surface area contributed by atoms with Crippen molar-refractivity contribution < 1.29 is 13.2 Å². The fraction of sp³-hybridized carbons (Fsp3) is 0.412. The molecule has 1 aliphatic rings. The maximum Gasteiger partial charge on any atom is 0.226 e. The van der Waals surface area contributed by atoms with Crippen LogP contribution in [0.25, 0.3) is 11.3 Å². The number of thiazole rings is 1. The molecule has 1 amide bonds. The number of rotatable bonds is 4. The highest BCUT2D eigenvalue weighted by Crippen LogP contribution is 2.29. The zero-order chi connectivity index (χ0) is 17.3. The van der Waals surface area contributed by atoms with Crippen molar-refractivity contribution in [3.63, 3.8) is 0 Å². The molecule has 0 spiro atoms. The molecule has 2 aromatic rings. The summed E-state index contributed by atoms with van der Waals surface area (Å²) in [6.07, 6.45) is 0.805. The van der Waals surface area contributed by atoms with Crippen LogP contribution < -0.4 is 5.32 Å². The maximum atomic E-state index is 12.1. The van der Waals surface area contributed by atoms with E-state index in [9.17, 15) is 13.2 Å². The van der Waals surface area contributed by atoms with Gasteiger partial charge in [-0.2, -0.15) is 0 Å². The van der Waals surface area contributed by atoms with Crippen molar-refractivity contribution in [2.45, 2.75) is 26.7 Å². The molecule has 0 radical (unpaired) electrons. The van der Waals surface area contributed by atoms with Crippen molar-refractivity contribution >= 4 is 32.2 Å². The van der Waals surface area contributed by atoms with Crippen LogP contribution in [-0.4, -0.2) is 30.8 Å². The molecule has 1 fully saturated rings. The van der Waals surface area contributed by atoms with Gasteiger partial charge in [0.25, 0.3) is 0 Å². The molecular weight excluding hydrogens is 344 g/mol. The van der Waals surface area contributed by atoms with Crippen molar-refractivity contribution in [2.24, 2.45) is 5.92 Å². The predicted molar refractivity (Wildman–Crippen MR) is 97.0 cm³/mol. The average molecular weight is 364 g/mol. The quantitative estimate of drug-likeness (QED) is 0.904. The summed E-state index contributed by atoms with van der Waals surface area (Å²) in [5, 5.41) is 5.27. The highest BCUT2D eigenvalue weighted by atomic mass is 32.2. The Bertz CT molecular complexity index is 872. The number of carbonyl (C=O) groups is 1. The first-order valence-corrected chi connectivity index (χ1v) is 10.6. The van der Waals surface area contributed by atoms with E-state index in [0.29, 0.717) is 11.6 Å². The van der Waals surface area contributed by atoms with Gasteiger partial charge in [0.1, 0.15) is 0 Å². The second-order valence-electron chi connectivity index (χ2n) is 6.38. The van der Waals surface area contributed by atoms with Gasteiger partial charge >= 0.3 is 0 Å². The highest BCUT2D eigenvalue weighted by molar-refractivity contribution is 7.91. The summed E-state index contributed by atoms with van der Waals surface area (Å²) in [5.74, 6) is 0.0674. The number of aromatic nitrogens is 1. The van der Waals surface area contributed by atoms with Gasteiger partial charge in [0.05, 0.1) is 17.2 Å². The number of amides is 1. The molecule has 0 unspecified atom stereocenters. The molecule has 1 aromatic heterocycles. The average Bonchev–Trinajstić information content (AvgIpc) is 3.08. The van der Waals surface area contributed by atoms with E-state index in [0.717, 1.165) is 22.4 Å². The predicted octanol–water partition coefficient (Wildman–Crippen LogP) is 3.19. The van der Waals surface area contributed by atoms with Crippen molar-refractivity contribution in [3.05, 3.63) is 34.7 Å². The molecule has 1 saturated heterocycles. The lowest BCUT2D eigenvalue weighted by Crippen LogP contribution is -2.17. The number of hydrogen-bond donors (Lipinski definition) is 1. The Morgan fingerprint density at radius 1 is 1.38 bits per heavy atom. The van der Waals surface area contributed by atoms with E-state index in [4.69, 9.17) is 0 Å². The van der Waals surface area contributed by atoms with Gasteiger partial charge in [-0.05, 0) is 37.8 Å². The zero-order valence-corrected chi connectivity index (χ0v) is 15.3. The number of carbonyl (C=O) groups excluding carboxylic acids is 1. The lowest BCUT2D eigenvalue weighted by Gasteiger charge is -2.06. The Kier molecular flexibility index (Phi) is 4.73. The summed E-state index contributed by atoms with van der Waals surface area (Å²) < 4.78 is 22.9. The van der Waals surface area contributed by atoms with Crippen LogP contribution in [0.4, 0.5) is 5.13 Å². The summed E-state index contributed by atoms with van der Waals surface area (Å²) in [5.41, 5.74) is 4.21. The minimum Gasteiger partial charge on any atom is -0.302 e. The number of benzene rings is 1. The van der Waals surface area contributed by atoms with Gasteiger partial charge in [0, 0.05) is 17.4 Å². The van der Waals surface area contributed by atoms with Gasteiger partial charge in [0.15, 0.2) is 15.0 Å². The lowest BCUT2D eigenvalue weighted by molar-refractivity contribution is -0.116. The minimum absolute atomic E-state index is 0.0755. The van der Waals surface area contributed by atoms with Crippen LogP contribution in [0, 0.1) is 19.8 Å². The van der Waals surface area contributed by atoms with Crippen LogP contribution in [-0.2, 0) is 14.6 Å². The van der Waals surface area contributed by atoms with Crippen molar-refractivity contribution in [3.8, 4) is 11.3 Å². The van der Waals surface area contributed by atoms with E-state index in [-0.39, 0.29) is 29.8 Å². The van der Waals surface area contributed by atoms with E-state index in [1.165, 1.54) is 11.3 Å². The largest absolute Gasteiger partial charge is 0.302 e. The standard InChI is InChI=1S/C17H20N2O3S2/c1-11-3-4-12(2)14(7-11)15-9-23-17(18-15)19-16(20)8-13-5-6-24(21,22)10-13/h3-4,7,9,13H,5-6,8,10H2,1-2H3,(H,18,19,20)/t13-/m0/s1. The van der Waals surface area contributed by atoms with Gasteiger partial charge in [0.2, 0.25) is 5.91 Å². The third kappa shape index (κ3) is 4.02. The summed E-state index contributed by atoms with van der Waals surface area (Å²) in [4.78, 5) is 16.6. The maximum absolute atomic E-state index is 12.1. The molecule has 2 heterocycles. The van der Waals surface area contributed by atoms with Gasteiger partial charge < -0.3 is 5.32 Å². The summed E-state index contributed by atoms with van der Waals surface area (Å²) in [6, 6.07) is 6.20. The van der Waals surface area contributed by atoms with Crippen LogP contribution in [0.3, 0.4) is 0 Å². The zero-order valence-electron chi connectivity index (χ0n) is 13.7. The molecule has 24 heavy (non-hydrogen) atoms. The molecule has 1 aliphatic heterocycles. The van der Waals surface area contributed by atoms with Crippen molar-refractivity contribution in [1.82, 2.24) is 4.98 Å². The summed E-state index contributed by atoms with van der Waals surface area (Å²) in [7, 11) is -2.95. The number of hydrogen-bond acceptors (Lipinski definition) is 5. The minimum atomic E-state index is -2.95. The number of anilines is 1. The molecule has 1 atom stereocenters. The van der Waals surface area contributed by atoms with Crippen molar-refractivity contribution in [1.29, 1.82) is 0 Å². The van der Waals surface area contributed by atoms with Crippen molar-refractivity contribution in [2.75, 3.05) is 16.8 Å². The molecule has 1 N–H and O–H groups in total. The molecule has 7 heteroatoms. The molecule has 0 aliphatic carbocycles. The number of aryl methyl sites for hydroxylation is 2. The van der Waals surface area contributed by atoms with Crippen LogP contribution >= 0.6 is 11.3 Å². The fourth-order valence-electron chi connectivity index (χ4n) is 2.93. The Morgan fingerprint density at radius 3 is 2.88 bits per heavy atom. The van der Waals surface area contributed by atoms with E-state index in [1.54, 1.807) is 0 Å². The van der Waals surface area contributed by atoms with E-state index < -0.39 is 9.84 Å². The van der Waals surface area contributed by atoms with Gasteiger partial charge in [-0.15, -0.1) is 11.3 Å². The van der Waals surface area contributed by atoms with E-state index in [2.05, 4.69) is 28.5 Å². The Balaban J connectivity index is 1.66. The number of sulfone groups is 1. The molecular formula is C17H20N2O3S2. The lowest BCUT2D eigenvalue weighted by atomic mass is 10.0. The van der Waals surface area contributed by atoms with Gasteiger partial charge in [-0.1, -0.05) is 17.7 Å². The third-order valence-electron chi connectivity index (χ3n) is 4.22. The fourth-order valence-corrected chi connectivity index (χ4v) is 5.52. The molecule has 0 saturated carbocycles. The second-order valence-corrected chi connectivity index (χ2v) is 9.46. The third-order valence-corrected chi connectivity index (χ3v) is 6.82. The molecule has 128 valence electrons. The Morgan fingerprint density at radius 2 is 2.17 bits per heavy atom. The summed E-state index contributed by atoms with van der Waals surface area (Å²) >= 11 is 1.38.